The van der Waals surface area contributed by atoms with Gasteiger partial charge in [0.15, 0.2) is 6.10 Å². The van der Waals surface area contributed by atoms with Crippen LogP contribution in [-0.2, 0) is 32.7 Å². The summed E-state index contributed by atoms with van der Waals surface area (Å²) in [5.74, 6) is -0.865. The van der Waals surface area contributed by atoms with E-state index in [1.807, 2.05) is 0 Å². The van der Waals surface area contributed by atoms with Crippen molar-refractivity contribution in [3.8, 4) is 0 Å². The maximum absolute atomic E-state index is 12.6. The molecule has 0 fully saturated rings. The highest BCUT2D eigenvalue weighted by molar-refractivity contribution is 7.47. The van der Waals surface area contributed by atoms with Crippen molar-refractivity contribution in [1.82, 2.24) is 0 Å². The Kier molecular flexibility index (Phi) is 41.1. The standard InChI is InChI=1S/C47H82NO8P/c1-3-5-7-9-11-13-15-17-19-21-22-24-25-27-29-31-33-35-37-39-46(49)53-43-45(44-55-57(51,52)54-42-41-48)56-47(50)40-38-36-34-32-30-28-26-23-20-18-16-14-12-10-8-6-4-2/h6,8,11-14,17-20,26,28,45H,3-5,7,9-10,15-16,21-25,27,29-44,48H2,1-2H3,(H,51,52). The first-order chi connectivity index (χ1) is 27.8. The molecule has 0 heterocycles. The van der Waals surface area contributed by atoms with E-state index in [9.17, 15) is 19.0 Å². The minimum atomic E-state index is -4.39. The Balaban J connectivity index is 4.18. The van der Waals surface area contributed by atoms with Crippen LogP contribution < -0.4 is 5.73 Å². The molecule has 0 bridgehead atoms. The molecular formula is C47H82NO8P. The van der Waals surface area contributed by atoms with E-state index in [-0.39, 0.29) is 32.6 Å². The van der Waals surface area contributed by atoms with E-state index in [0.29, 0.717) is 6.42 Å². The first kappa shape index (κ1) is 54.5. The Labute approximate surface area is 348 Å². The monoisotopic (exact) mass is 820 g/mol. The molecule has 0 aliphatic heterocycles. The summed E-state index contributed by atoms with van der Waals surface area (Å²) in [6.07, 6.45) is 52.1. The van der Waals surface area contributed by atoms with Crippen LogP contribution in [-0.4, -0.2) is 49.3 Å². The number of phosphoric ester groups is 1. The number of unbranched alkanes of at least 4 members (excludes halogenated alkanes) is 16. The number of hydrogen-bond donors (Lipinski definition) is 2. The average Bonchev–Trinajstić information content (AvgIpc) is 3.20. The summed E-state index contributed by atoms with van der Waals surface area (Å²) in [6.45, 7) is 3.55. The van der Waals surface area contributed by atoms with Gasteiger partial charge in [0.2, 0.25) is 0 Å². The Morgan fingerprint density at radius 1 is 0.544 bits per heavy atom. The van der Waals surface area contributed by atoms with Crippen molar-refractivity contribution < 1.29 is 37.6 Å². The third-order valence-corrected chi connectivity index (χ3v) is 10.1. The lowest BCUT2D eigenvalue weighted by atomic mass is 10.1. The summed E-state index contributed by atoms with van der Waals surface area (Å²) >= 11 is 0. The molecule has 9 nitrogen and oxygen atoms in total. The average molecular weight is 820 g/mol. The van der Waals surface area contributed by atoms with E-state index in [1.54, 1.807) is 0 Å². The number of rotatable bonds is 41. The zero-order valence-corrected chi connectivity index (χ0v) is 36.9. The Morgan fingerprint density at radius 2 is 0.965 bits per heavy atom. The molecular weight excluding hydrogens is 737 g/mol. The maximum atomic E-state index is 12.6. The Morgan fingerprint density at radius 3 is 1.44 bits per heavy atom. The number of carbonyl (C=O) groups is 2. The van der Waals surface area contributed by atoms with Gasteiger partial charge in [-0.2, -0.15) is 0 Å². The minimum absolute atomic E-state index is 0.0449. The second-order valence-corrected chi connectivity index (χ2v) is 16.0. The van der Waals surface area contributed by atoms with Gasteiger partial charge in [-0.25, -0.2) is 4.57 Å². The van der Waals surface area contributed by atoms with Gasteiger partial charge in [0, 0.05) is 19.4 Å². The number of carbonyl (C=O) groups excluding carboxylic acids is 2. The van der Waals surface area contributed by atoms with E-state index >= 15 is 0 Å². The van der Waals surface area contributed by atoms with Gasteiger partial charge in [-0.05, 0) is 83.5 Å². The second-order valence-electron chi connectivity index (χ2n) is 14.5. The molecule has 57 heavy (non-hydrogen) atoms. The fraction of sp³-hybridized carbons (Fsp3) is 0.702. The number of ether oxygens (including phenoxy) is 2. The molecule has 0 rings (SSSR count). The fourth-order valence-electron chi connectivity index (χ4n) is 5.77. The highest BCUT2D eigenvalue weighted by Crippen LogP contribution is 2.43. The zero-order chi connectivity index (χ0) is 41.8. The van der Waals surface area contributed by atoms with E-state index < -0.39 is 32.5 Å². The molecule has 0 saturated carbocycles. The summed E-state index contributed by atoms with van der Waals surface area (Å²) in [4.78, 5) is 34.9. The van der Waals surface area contributed by atoms with Crippen molar-refractivity contribution in [3.63, 3.8) is 0 Å². The molecule has 0 radical (unpaired) electrons. The van der Waals surface area contributed by atoms with Crippen LogP contribution >= 0.6 is 7.82 Å². The van der Waals surface area contributed by atoms with Crippen LogP contribution in [0.4, 0.5) is 0 Å². The van der Waals surface area contributed by atoms with Crippen LogP contribution in [0.2, 0.25) is 0 Å². The summed E-state index contributed by atoms with van der Waals surface area (Å²) in [7, 11) is -4.39. The molecule has 328 valence electrons. The molecule has 0 aromatic rings. The topological polar surface area (TPSA) is 134 Å². The van der Waals surface area contributed by atoms with Gasteiger partial charge in [0.25, 0.3) is 0 Å². The molecule has 3 N–H and O–H groups in total. The quantitative estimate of drug-likeness (QED) is 0.0267. The fourth-order valence-corrected chi connectivity index (χ4v) is 6.54. The van der Waals surface area contributed by atoms with Crippen molar-refractivity contribution >= 4 is 19.8 Å². The van der Waals surface area contributed by atoms with Crippen LogP contribution in [0.5, 0.6) is 0 Å². The summed E-state index contributed by atoms with van der Waals surface area (Å²) < 4.78 is 32.8. The van der Waals surface area contributed by atoms with Crippen molar-refractivity contribution in [2.45, 2.75) is 187 Å². The SMILES string of the molecule is CCC=CCC=CCC=CCC=CCCCCCCC(=O)OC(COC(=O)CCCCCCCCCCCC=CCC=CCCCCC)COP(=O)(O)OCCN. The van der Waals surface area contributed by atoms with Crippen LogP contribution in [0.3, 0.4) is 0 Å². The van der Waals surface area contributed by atoms with Crippen molar-refractivity contribution in [3.05, 3.63) is 72.9 Å². The number of phosphoric acid groups is 1. The van der Waals surface area contributed by atoms with Gasteiger partial charge in [0.05, 0.1) is 13.2 Å². The van der Waals surface area contributed by atoms with Crippen LogP contribution in [0.25, 0.3) is 0 Å². The lowest BCUT2D eigenvalue weighted by Gasteiger charge is -2.19. The molecule has 0 aromatic carbocycles. The van der Waals surface area contributed by atoms with Crippen molar-refractivity contribution in [2.24, 2.45) is 5.73 Å². The Bertz CT molecular complexity index is 1160. The summed E-state index contributed by atoms with van der Waals surface area (Å²) in [5.41, 5.74) is 5.35. The largest absolute Gasteiger partial charge is 0.472 e. The van der Waals surface area contributed by atoms with E-state index in [0.717, 1.165) is 89.9 Å². The number of esters is 2. The predicted octanol–water partition coefficient (Wildman–Crippen LogP) is 13.1. The Hall–Kier alpha value is -2.55. The third kappa shape index (κ3) is 42.9. The minimum Gasteiger partial charge on any atom is -0.462 e. The molecule has 0 spiro atoms. The smallest absolute Gasteiger partial charge is 0.462 e. The number of nitrogens with two attached hydrogens (primary N) is 1. The second kappa shape index (κ2) is 43.0. The van der Waals surface area contributed by atoms with Crippen LogP contribution in [0.15, 0.2) is 72.9 Å². The van der Waals surface area contributed by atoms with Gasteiger partial charge >= 0.3 is 19.8 Å². The highest BCUT2D eigenvalue weighted by Gasteiger charge is 2.26. The van der Waals surface area contributed by atoms with E-state index in [2.05, 4.69) is 86.8 Å². The number of hydrogen-bond acceptors (Lipinski definition) is 8. The van der Waals surface area contributed by atoms with E-state index in [1.165, 1.54) is 57.8 Å². The van der Waals surface area contributed by atoms with Crippen LogP contribution in [0.1, 0.15) is 181 Å². The lowest BCUT2D eigenvalue weighted by molar-refractivity contribution is -0.161. The van der Waals surface area contributed by atoms with Crippen LogP contribution in [0, 0.1) is 0 Å². The van der Waals surface area contributed by atoms with Gasteiger partial charge in [0.1, 0.15) is 6.61 Å². The van der Waals surface area contributed by atoms with E-state index in [4.69, 9.17) is 24.3 Å². The molecule has 0 aromatic heterocycles. The predicted molar refractivity (Wildman–Crippen MR) is 238 cm³/mol. The zero-order valence-electron chi connectivity index (χ0n) is 36.0. The normalized spacial score (nSPS) is 14.0. The first-order valence-corrected chi connectivity index (χ1v) is 23.9. The van der Waals surface area contributed by atoms with Crippen molar-refractivity contribution in [1.29, 1.82) is 0 Å². The molecule has 0 saturated heterocycles. The first-order valence-electron chi connectivity index (χ1n) is 22.4. The molecule has 0 amide bonds. The molecule has 2 unspecified atom stereocenters. The summed E-state index contributed by atoms with van der Waals surface area (Å²) in [5, 5.41) is 0. The summed E-state index contributed by atoms with van der Waals surface area (Å²) in [6, 6.07) is 0. The molecule has 10 heteroatoms. The third-order valence-electron chi connectivity index (χ3n) is 9.08. The highest BCUT2D eigenvalue weighted by atomic mass is 31.2. The van der Waals surface area contributed by atoms with Gasteiger partial charge in [-0.15, -0.1) is 0 Å². The number of allylic oxidation sites excluding steroid dienone is 12. The van der Waals surface area contributed by atoms with Gasteiger partial charge < -0.3 is 20.1 Å². The molecule has 0 aliphatic carbocycles. The lowest BCUT2D eigenvalue weighted by Crippen LogP contribution is -2.29. The van der Waals surface area contributed by atoms with Gasteiger partial charge in [-0.1, -0.05) is 157 Å². The molecule has 0 aliphatic rings. The van der Waals surface area contributed by atoms with Gasteiger partial charge in [-0.3, -0.25) is 18.6 Å². The maximum Gasteiger partial charge on any atom is 0.472 e. The molecule has 2 atom stereocenters. The van der Waals surface area contributed by atoms with Crippen molar-refractivity contribution in [2.75, 3.05) is 26.4 Å².